The van der Waals surface area contributed by atoms with Crippen LogP contribution in [0.1, 0.15) is 68.0 Å². The summed E-state index contributed by atoms with van der Waals surface area (Å²) >= 11 is 0. The van der Waals surface area contributed by atoms with Crippen LogP contribution in [0.4, 0.5) is 0 Å². The van der Waals surface area contributed by atoms with E-state index < -0.39 is 0 Å². The molecule has 2 amide bonds. The minimum Gasteiger partial charge on any atom is -0.336 e. The number of hydrogen-bond donors (Lipinski definition) is 0. The van der Waals surface area contributed by atoms with Crippen LogP contribution in [0.25, 0.3) is 0 Å². The molecule has 2 aliphatic rings. The van der Waals surface area contributed by atoms with E-state index in [1.807, 2.05) is 35.9 Å². The summed E-state index contributed by atoms with van der Waals surface area (Å²) in [6.07, 6.45) is 7.29. The van der Waals surface area contributed by atoms with Gasteiger partial charge in [-0.1, -0.05) is 0 Å². The van der Waals surface area contributed by atoms with Crippen LogP contribution in [-0.4, -0.2) is 54.5 Å². The smallest absolute Gasteiger partial charge is 0.247 e. The maximum atomic E-state index is 13.0. The fourth-order valence-corrected chi connectivity index (χ4v) is 4.41. The molecule has 2 aliphatic heterocycles. The molecule has 1 saturated heterocycles. The molecule has 0 aromatic carbocycles. The molecule has 2 aromatic rings. The lowest BCUT2D eigenvalue weighted by Gasteiger charge is -2.35. The van der Waals surface area contributed by atoms with E-state index in [0.717, 1.165) is 48.6 Å². The highest BCUT2D eigenvalue weighted by Crippen LogP contribution is 2.30. The first-order chi connectivity index (χ1) is 14.0. The molecule has 0 unspecified atom stereocenters. The van der Waals surface area contributed by atoms with E-state index in [2.05, 4.69) is 10.1 Å². The summed E-state index contributed by atoms with van der Waals surface area (Å²) in [5, 5.41) is 4.27. The second-order valence-corrected chi connectivity index (χ2v) is 8.03. The van der Waals surface area contributed by atoms with Crippen molar-refractivity contribution in [2.75, 3.05) is 13.1 Å². The zero-order valence-electron chi connectivity index (χ0n) is 17.3. The maximum Gasteiger partial charge on any atom is 0.247 e. The number of rotatable bonds is 3. The van der Waals surface area contributed by atoms with Gasteiger partial charge in [0.15, 0.2) is 5.82 Å². The molecule has 1 fully saturated rings. The van der Waals surface area contributed by atoms with Gasteiger partial charge in [0.05, 0.1) is 11.7 Å². The molecular formula is C21H28N6O2. The second-order valence-electron chi connectivity index (χ2n) is 8.03. The lowest BCUT2D eigenvalue weighted by atomic mass is 10.00. The Hall–Kier alpha value is -2.77. The predicted octanol–water partition coefficient (Wildman–Crippen LogP) is 2.20. The number of aromatic nitrogens is 4. The summed E-state index contributed by atoms with van der Waals surface area (Å²) in [4.78, 5) is 38.1. The van der Waals surface area contributed by atoms with E-state index in [9.17, 15) is 9.59 Å². The number of hydrogen-bond acceptors (Lipinski definition) is 5. The lowest BCUT2D eigenvalue weighted by molar-refractivity contribution is -0.135. The Kier molecular flexibility index (Phi) is 5.34. The van der Waals surface area contributed by atoms with Crippen molar-refractivity contribution in [3.05, 3.63) is 41.2 Å². The third-order valence-corrected chi connectivity index (χ3v) is 6.06. The summed E-state index contributed by atoms with van der Waals surface area (Å²) in [6, 6.07) is 1.53. The standard InChI is InChI=1S/C21H28N6O2/c1-14-7-9-23-27(14)15(2)21(29)25-11-8-18-17(13-25)12-22-20(24-18)19-6-4-5-10-26(19)16(3)28/h7,9,12,15,19H,4-6,8,10-11,13H2,1-3H3/t15-,19-/m0/s1. The van der Waals surface area contributed by atoms with Crippen LogP contribution < -0.4 is 0 Å². The van der Waals surface area contributed by atoms with Crippen LogP contribution in [0.15, 0.2) is 18.5 Å². The number of carbonyl (C=O) groups excluding carboxylic acids is 2. The number of aryl methyl sites for hydroxylation is 1. The number of amides is 2. The fourth-order valence-electron chi connectivity index (χ4n) is 4.41. The predicted molar refractivity (Wildman–Crippen MR) is 107 cm³/mol. The third kappa shape index (κ3) is 3.75. The zero-order chi connectivity index (χ0) is 20.5. The average Bonchev–Trinajstić information content (AvgIpc) is 3.17. The first kappa shape index (κ1) is 19.5. The first-order valence-electron chi connectivity index (χ1n) is 10.4. The van der Waals surface area contributed by atoms with Gasteiger partial charge in [-0.3, -0.25) is 14.3 Å². The van der Waals surface area contributed by atoms with E-state index in [-0.39, 0.29) is 23.9 Å². The number of likely N-dealkylation sites (tertiary alicyclic amines) is 1. The van der Waals surface area contributed by atoms with E-state index >= 15 is 0 Å². The summed E-state index contributed by atoms with van der Waals surface area (Å²) in [5.41, 5.74) is 2.96. The normalized spacial score (nSPS) is 20.3. The number of piperidine rings is 1. The Labute approximate surface area is 170 Å². The van der Waals surface area contributed by atoms with Gasteiger partial charge >= 0.3 is 0 Å². The minimum atomic E-state index is -0.335. The highest BCUT2D eigenvalue weighted by Gasteiger charge is 2.31. The summed E-state index contributed by atoms with van der Waals surface area (Å²) in [7, 11) is 0. The van der Waals surface area contributed by atoms with Crippen molar-refractivity contribution >= 4 is 11.8 Å². The molecule has 0 radical (unpaired) electrons. The van der Waals surface area contributed by atoms with Gasteiger partial charge < -0.3 is 9.80 Å². The Bertz CT molecular complexity index is 924. The molecule has 29 heavy (non-hydrogen) atoms. The highest BCUT2D eigenvalue weighted by atomic mass is 16.2. The summed E-state index contributed by atoms with van der Waals surface area (Å²) < 4.78 is 1.76. The SMILES string of the molecule is CC(=O)N1CCCC[C@H]1c1ncc2c(n1)CCN(C(=O)[C@H](C)n1nccc1C)C2. The van der Waals surface area contributed by atoms with E-state index in [0.29, 0.717) is 19.5 Å². The average molecular weight is 396 g/mol. The van der Waals surface area contributed by atoms with Crippen LogP contribution >= 0.6 is 0 Å². The first-order valence-corrected chi connectivity index (χ1v) is 10.4. The molecule has 4 heterocycles. The molecule has 8 nitrogen and oxygen atoms in total. The van der Waals surface area contributed by atoms with E-state index in [4.69, 9.17) is 4.98 Å². The van der Waals surface area contributed by atoms with Crippen LogP contribution in [0, 0.1) is 6.92 Å². The topological polar surface area (TPSA) is 84.2 Å². The van der Waals surface area contributed by atoms with Crippen LogP contribution in [0.3, 0.4) is 0 Å². The molecular weight excluding hydrogens is 368 g/mol. The van der Waals surface area contributed by atoms with E-state index in [1.54, 1.807) is 17.8 Å². The van der Waals surface area contributed by atoms with Gasteiger partial charge in [0.25, 0.3) is 0 Å². The van der Waals surface area contributed by atoms with Gasteiger partial charge in [-0.05, 0) is 39.2 Å². The molecule has 0 N–H and O–H groups in total. The van der Waals surface area contributed by atoms with Gasteiger partial charge in [0.2, 0.25) is 11.8 Å². The van der Waals surface area contributed by atoms with Crippen molar-refractivity contribution in [3.8, 4) is 0 Å². The molecule has 0 saturated carbocycles. The van der Waals surface area contributed by atoms with E-state index in [1.165, 1.54) is 0 Å². The second kappa shape index (κ2) is 7.93. The Morgan fingerprint density at radius 3 is 2.79 bits per heavy atom. The maximum absolute atomic E-state index is 13.0. The largest absolute Gasteiger partial charge is 0.336 e. The molecule has 2 atom stereocenters. The van der Waals surface area contributed by atoms with Crippen molar-refractivity contribution in [3.63, 3.8) is 0 Å². The van der Waals surface area contributed by atoms with Gasteiger partial charge in [-0.2, -0.15) is 5.10 Å². The van der Waals surface area contributed by atoms with Crippen molar-refractivity contribution in [2.24, 2.45) is 0 Å². The number of nitrogens with zero attached hydrogens (tertiary/aromatic N) is 6. The van der Waals surface area contributed by atoms with Crippen LogP contribution in [0.5, 0.6) is 0 Å². The number of fused-ring (bicyclic) bond motifs is 1. The van der Waals surface area contributed by atoms with Gasteiger partial charge in [0, 0.05) is 56.6 Å². The molecule has 0 aliphatic carbocycles. The van der Waals surface area contributed by atoms with Gasteiger partial charge in [-0.15, -0.1) is 0 Å². The summed E-state index contributed by atoms with van der Waals surface area (Å²) in [5.74, 6) is 0.871. The Balaban J connectivity index is 1.50. The molecule has 154 valence electrons. The molecule has 2 aromatic heterocycles. The Morgan fingerprint density at radius 2 is 2.07 bits per heavy atom. The molecule has 8 heteroatoms. The third-order valence-electron chi connectivity index (χ3n) is 6.06. The highest BCUT2D eigenvalue weighted by molar-refractivity contribution is 5.80. The monoisotopic (exact) mass is 396 g/mol. The number of carbonyl (C=O) groups is 2. The van der Waals surface area contributed by atoms with Crippen molar-refractivity contribution in [1.82, 2.24) is 29.5 Å². The minimum absolute atomic E-state index is 0.0333. The molecule has 0 bridgehead atoms. The van der Waals surface area contributed by atoms with Crippen molar-refractivity contribution in [2.45, 2.75) is 65.1 Å². The van der Waals surface area contributed by atoms with Crippen molar-refractivity contribution in [1.29, 1.82) is 0 Å². The molecule has 4 rings (SSSR count). The fraction of sp³-hybridized carbons (Fsp3) is 0.571. The zero-order valence-corrected chi connectivity index (χ0v) is 17.3. The van der Waals surface area contributed by atoms with Gasteiger partial charge in [-0.25, -0.2) is 9.97 Å². The molecule has 0 spiro atoms. The quantitative estimate of drug-likeness (QED) is 0.794. The van der Waals surface area contributed by atoms with Crippen LogP contribution in [-0.2, 0) is 22.6 Å². The summed E-state index contributed by atoms with van der Waals surface area (Å²) in [6.45, 7) is 7.37. The van der Waals surface area contributed by atoms with Crippen molar-refractivity contribution < 1.29 is 9.59 Å². The van der Waals surface area contributed by atoms with Gasteiger partial charge in [0.1, 0.15) is 6.04 Å². The Morgan fingerprint density at radius 1 is 1.24 bits per heavy atom. The lowest BCUT2D eigenvalue weighted by Crippen LogP contribution is -2.41. The van der Waals surface area contributed by atoms with Crippen LogP contribution in [0.2, 0.25) is 0 Å².